The molecular formula is C20H17ClO6. The Morgan fingerprint density at radius 3 is 2.44 bits per heavy atom. The van der Waals surface area contributed by atoms with Gasteiger partial charge in [0.25, 0.3) is 0 Å². The summed E-state index contributed by atoms with van der Waals surface area (Å²) in [6.45, 7) is 1.51. The van der Waals surface area contributed by atoms with E-state index in [0.717, 1.165) is 0 Å². The van der Waals surface area contributed by atoms with Gasteiger partial charge in [0.05, 0.1) is 19.8 Å². The second-order valence-corrected chi connectivity index (χ2v) is 6.41. The number of methoxy groups -OCH3 is 2. The average molecular weight is 389 g/mol. The monoisotopic (exact) mass is 388 g/mol. The number of alkyl halides is 1. The first kappa shape index (κ1) is 18.8. The summed E-state index contributed by atoms with van der Waals surface area (Å²) in [5, 5.41) is -0.0989. The summed E-state index contributed by atoms with van der Waals surface area (Å²) in [4.78, 5) is 24.1. The third-order valence-electron chi connectivity index (χ3n) is 3.95. The Kier molecular flexibility index (Phi) is 5.37. The van der Waals surface area contributed by atoms with Gasteiger partial charge in [0, 0.05) is 11.5 Å². The second-order valence-electron chi connectivity index (χ2n) is 5.75. The van der Waals surface area contributed by atoms with Gasteiger partial charge in [-0.3, -0.25) is 4.79 Å². The number of benzene rings is 2. The number of hydrogen-bond donors (Lipinski definition) is 0. The van der Waals surface area contributed by atoms with Crippen LogP contribution in [0.3, 0.4) is 0 Å². The molecule has 0 spiro atoms. The summed E-state index contributed by atoms with van der Waals surface area (Å²) < 4.78 is 21.0. The molecule has 140 valence electrons. The molecule has 0 fully saturated rings. The van der Waals surface area contributed by atoms with Crippen molar-refractivity contribution < 1.29 is 23.4 Å². The Labute approximate surface area is 160 Å². The van der Waals surface area contributed by atoms with Crippen molar-refractivity contribution in [1.29, 1.82) is 0 Å². The summed E-state index contributed by atoms with van der Waals surface area (Å²) in [5.74, 6) is 0.737. The summed E-state index contributed by atoms with van der Waals surface area (Å²) in [7, 11) is 3.06. The van der Waals surface area contributed by atoms with Crippen molar-refractivity contribution in [2.75, 3.05) is 14.2 Å². The van der Waals surface area contributed by atoms with E-state index >= 15 is 0 Å². The van der Waals surface area contributed by atoms with E-state index in [1.54, 1.807) is 36.4 Å². The van der Waals surface area contributed by atoms with Gasteiger partial charge in [-0.15, -0.1) is 11.6 Å². The average Bonchev–Trinajstić information content (AvgIpc) is 2.66. The van der Waals surface area contributed by atoms with Crippen LogP contribution in [0.1, 0.15) is 6.92 Å². The number of carbonyl (C=O) groups excluding carboxylic acids is 1. The fraction of sp³-hybridized carbons (Fsp3) is 0.200. The maximum Gasteiger partial charge on any atom is 0.344 e. The number of halogens is 1. The molecule has 1 aromatic heterocycles. The highest BCUT2D eigenvalue weighted by atomic mass is 35.5. The summed E-state index contributed by atoms with van der Waals surface area (Å²) in [6.07, 6.45) is 0. The molecule has 1 unspecified atom stereocenters. The highest BCUT2D eigenvalue weighted by Crippen LogP contribution is 2.32. The molecule has 27 heavy (non-hydrogen) atoms. The molecule has 2 aromatic carbocycles. The summed E-state index contributed by atoms with van der Waals surface area (Å²) in [5.41, 5.74) is 0.790. The lowest BCUT2D eigenvalue weighted by Crippen LogP contribution is -2.17. The molecule has 1 heterocycles. The molecule has 3 aromatic rings. The van der Waals surface area contributed by atoms with Gasteiger partial charge in [-0.1, -0.05) is 6.07 Å². The minimum Gasteiger partial charge on any atom is -0.493 e. The van der Waals surface area contributed by atoms with E-state index < -0.39 is 17.0 Å². The molecular weight excluding hydrogens is 372 g/mol. The van der Waals surface area contributed by atoms with Crippen molar-refractivity contribution in [3.63, 3.8) is 0 Å². The van der Waals surface area contributed by atoms with Crippen molar-refractivity contribution in [2.24, 2.45) is 0 Å². The minimum absolute atomic E-state index is 0.252. The van der Waals surface area contributed by atoms with E-state index in [4.69, 9.17) is 30.2 Å². The van der Waals surface area contributed by atoms with Crippen LogP contribution in [0.5, 0.6) is 17.2 Å². The van der Waals surface area contributed by atoms with Crippen molar-refractivity contribution in [1.82, 2.24) is 0 Å². The zero-order valence-corrected chi connectivity index (χ0v) is 15.7. The van der Waals surface area contributed by atoms with E-state index in [-0.39, 0.29) is 5.75 Å². The van der Waals surface area contributed by atoms with Crippen molar-refractivity contribution in [2.45, 2.75) is 12.3 Å². The molecule has 3 rings (SSSR count). The molecule has 0 aliphatic rings. The van der Waals surface area contributed by atoms with Crippen LogP contribution in [-0.2, 0) is 4.79 Å². The van der Waals surface area contributed by atoms with Crippen molar-refractivity contribution >= 4 is 28.5 Å². The maximum atomic E-state index is 12.5. The van der Waals surface area contributed by atoms with Crippen LogP contribution >= 0.6 is 11.6 Å². The molecule has 0 bridgehead atoms. The third kappa shape index (κ3) is 3.90. The zero-order valence-electron chi connectivity index (χ0n) is 14.9. The van der Waals surface area contributed by atoms with Crippen LogP contribution in [0.4, 0.5) is 0 Å². The highest BCUT2D eigenvalue weighted by molar-refractivity contribution is 6.29. The molecule has 7 heteroatoms. The number of rotatable bonds is 5. The van der Waals surface area contributed by atoms with Crippen LogP contribution < -0.4 is 19.8 Å². The number of esters is 1. The van der Waals surface area contributed by atoms with Crippen LogP contribution in [-0.4, -0.2) is 25.6 Å². The Balaban J connectivity index is 2.03. The first-order valence-corrected chi connectivity index (χ1v) is 8.52. The standard InChI is InChI=1S/C20H17ClO6/c1-11(21)19(22)26-14-6-4-13-8-15(20(23)27-17(13)10-14)12-5-7-16(24-2)18(9-12)25-3/h4-11H,1-3H3. The fourth-order valence-electron chi connectivity index (χ4n) is 2.56. The van der Waals surface area contributed by atoms with Gasteiger partial charge in [-0.05, 0) is 42.8 Å². The first-order valence-electron chi connectivity index (χ1n) is 8.09. The lowest BCUT2D eigenvalue weighted by atomic mass is 10.1. The summed E-state index contributed by atoms with van der Waals surface area (Å²) >= 11 is 5.69. The fourth-order valence-corrected chi connectivity index (χ4v) is 2.60. The second kappa shape index (κ2) is 7.72. The highest BCUT2D eigenvalue weighted by Gasteiger charge is 2.14. The summed E-state index contributed by atoms with van der Waals surface area (Å²) in [6, 6.07) is 11.7. The van der Waals surface area contributed by atoms with Gasteiger partial charge >= 0.3 is 11.6 Å². The Bertz CT molecular complexity index is 1050. The third-order valence-corrected chi connectivity index (χ3v) is 4.12. The minimum atomic E-state index is -0.778. The lowest BCUT2D eigenvalue weighted by Gasteiger charge is -2.10. The maximum absolute atomic E-state index is 12.5. The molecule has 0 saturated heterocycles. The zero-order chi connectivity index (χ0) is 19.6. The van der Waals surface area contributed by atoms with Gasteiger partial charge < -0.3 is 18.6 Å². The van der Waals surface area contributed by atoms with Crippen LogP contribution in [0, 0.1) is 0 Å². The van der Waals surface area contributed by atoms with Crippen LogP contribution in [0.15, 0.2) is 51.7 Å². The Morgan fingerprint density at radius 1 is 1.04 bits per heavy atom. The molecule has 6 nitrogen and oxygen atoms in total. The Hall–Kier alpha value is -2.99. The molecule has 0 N–H and O–H groups in total. The normalized spacial score (nSPS) is 11.9. The Morgan fingerprint density at radius 2 is 1.78 bits per heavy atom. The van der Waals surface area contributed by atoms with Gasteiger partial charge in [-0.2, -0.15) is 0 Å². The van der Waals surface area contributed by atoms with Crippen LogP contribution in [0.2, 0.25) is 0 Å². The predicted molar refractivity (Wildman–Crippen MR) is 102 cm³/mol. The van der Waals surface area contributed by atoms with E-state index in [1.165, 1.54) is 27.2 Å². The van der Waals surface area contributed by atoms with Crippen LogP contribution in [0.25, 0.3) is 22.1 Å². The predicted octanol–water partition coefficient (Wildman–Crippen LogP) is 4.01. The van der Waals surface area contributed by atoms with Gasteiger partial charge in [-0.25, -0.2) is 4.79 Å². The van der Waals surface area contributed by atoms with E-state index in [0.29, 0.717) is 33.6 Å². The largest absolute Gasteiger partial charge is 0.493 e. The number of hydrogen-bond acceptors (Lipinski definition) is 6. The molecule has 0 saturated carbocycles. The van der Waals surface area contributed by atoms with E-state index in [2.05, 4.69) is 0 Å². The van der Waals surface area contributed by atoms with E-state index in [1.807, 2.05) is 0 Å². The number of carbonyl (C=O) groups is 1. The topological polar surface area (TPSA) is 75.0 Å². The first-order chi connectivity index (χ1) is 12.9. The quantitative estimate of drug-likeness (QED) is 0.284. The molecule has 0 aliphatic carbocycles. The van der Waals surface area contributed by atoms with Gasteiger partial charge in [0.2, 0.25) is 0 Å². The van der Waals surface area contributed by atoms with Crippen molar-refractivity contribution in [3.05, 3.63) is 52.9 Å². The van der Waals surface area contributed by atoms with E-state index in [9.17, 15) is 9.59 Å². The number of ether oxygens (including phenoxy) is 3. The van der Waals surface area contributed by atoms with Crippen molar-refractivity contribution in [3.8, 4) is 28.4 Å². The SMILES string of the molecule is COc1ccc(-c2cc3ccc(OC(=O)C(C)Cl)cc3oc2=O)cc1OC. The number of fused-ring (bicyclic) bond motifs is 1. The smallest absolute Gasteiger partial charge is 0.344 e. The van der Waals surface area contributed by atoms with Gasteiger partial charge in [0.15, 0.2) is 11.5 Å². The molecule has 0 aliphatic heterocycles. The van der Waals surface area contributed by atoms with Gasteiger partial charge in [0.1, 0.15) is 16.7 Å². The molecule has 0 radical (unpaired) electrons. The molecule has 1 atom stereocenters. The molecule has 0 amide bonds. The lowest BCUT2D eigenvalue weighted by molar-refractivity contribution is -0.133.